The Morgan fingerprint density at radius 3 is 2.50 bits per heavy atom. The van der Waals surface area contributed by atoms with E-state index in [0.717, 1.165) is 29.8 Å². The number of carbonyl (C=O) groups excluding carboxylic acids is 1. The van der Waals surface area contributed by atoms with Crippen molar-refractivity contribution in [1.29, 1.82) is 0 Å². The lowest BCUT2D eigenvalue weighted by atomic mass is 9.92. The third-order valence-electron chi connectivity index (χ3n) is 5.43. The van der Waals surface area contributed by atoms with Gasteiger partial charge in [-0.3, -0.25) is 5.43 Å². The molecule has 0 saturated carbocycles. The van der Waals surface area contributed by atoms with Gasteiger partial charge >= 0.3 is 5.97 Å². The lowest BCUT2D eigenvalue weighted by molar-refractivity contribution is -0.145. The topological polar surface area (TPSA) is 81.2 Å². The van der Waals surface area contributed by atoms with E-state index in [9.17, 15) is 4.79 Å². The minimum Gasteiger partial charge on any atom is -0.487 e. The van der Waals surface area contributed by atoms with Crippen molar-refractivity contribution in [3.05, 3.63) is 53.1 Å². The molecule has 0 radical (unpaired) electrons. The molecule has 34 heavy (non-hydrogen) atoms. The summed E-state index contributed by atoms with van der Waals surface area (Å²) in [5.74, 6) is 0.820. The molecule has 2 aromatic rings. The van der Waals surface area contributed by atoms with Crippen LogP contribution in [-0.4, -0.2) is 35.6 Å². The number of hydrogen-bond acceptors (Lipinski definition) is 6. The molecular weight excluding hydrogens is 450 g/mol. The van der Waals surface area contributed by atoms with Crippen molar-refractivity contribution in [3.63, 3.8) is 0 Å². The number of carbonyl (C=O) groups is 1. The van der Waals surface area contributed by atoms with Crippen LogP contribution in [0.2, 0.25) is 0 Å². The summed E-state index contributed by atoms with van der Waals surface area (Å²) in [5, 5.41) is 8.38. The second-order valence-corrected chi connectivity index (χ2v) is 8.98. The fourth-order valence-electron chi connectivity index (χ4n) is 3.85. The summed E-state index contributed by atoms with van der Waals surface area (Å²) in [4.78, 5) is 11.6. The van der Waals surface area contributed by atoms with E-state index >= 15 is 0 Å². The molecule has 0 saturated heterocycles. The second-order valence-electron chi connectivity index (χ2n) is 8.57. The van der Waals surface area contributed by atoms with Gasteiger partial charge in [-0.25, -0.2) is 4.79 Å². The van der Waals surface area contributed by atoms with Crippen LogP contribution in [0.3, 0.4) is 0 Å². The molecule has 0 bridgehead atoms. The summed E-state index contributed by atoms with van der Waals surface area (Å²) in [6.07, 6.45) is 2.38. The molecule has 0 fully saturated rings. The van der Waals surface area contributed by atoms with Crippen molar-refractivity contribution in [2.24, 2.45) is 5.10 Å². The number of ether oxygens (including phenoxy) is 3. The zero-order valence-corrected chi connectivity index (χ0v) is 21.3. The molecule has 1 aliphatic rings. The number of fused-ring (bicyclic) bond motifs is 1. The van der Waals surface area contributed by atoms with Crippen LogP contribution in [0.15, 0.2) is 41.5 Å². The number of nitrogens with one attached hydrogen (secondary N) is 2. The van der Waals surface area contributed by atoms with E-state index in [-0.39, 0.29) is 6.61 Å². The Labute approximate surface area is 206 Å². The summed E-state index contributed by atoms with van der Waals surface area (Å²) in [6.45, 7) is 10.2. The van der Waals surface area contributed by atoms with Gasteiger partial charge in [0.05, 0.1) is 12.3 Å². The summed E-state index contributed by atoms with van der Waals surface area (Å²) in [7, 11) is 0. The van der Waals surface area contributed by atoms with Crippen LogP contribution in [0.25, 0.3) is 0 Å². The molecular formula is C26H33N3O4S. The van der Waals surface area contributed by atoms with Gasteiger partial charge < -0.3 is 19.5 Å². The van der Waals surface area contributed by atoms with Gasteiger partial charge in [-0.1, -0.05) is 32.0 Å². The van der Waals surface area contributed by atoms with Crippen LogP contribution in [0.1, 0.15) is 57.7 Å². The van der Waals surface area contributed by atoms with Crippen LogP contribution in [-0.2, 0) is 22.4 Å². The van der Waals surface area contributed by atoms with Gasteiger partial charge in [0.1, 0.15) is 17.1 Å². The van der Waals surface area contributed by atoms with Gasteiger partial charge in [-0.05, 0) is 75.2 Å². The molecule has 0 amide bonds. The van der Waals surface area contributed by atoms with E-state index in [4.69, 9.17) is 26.4 Å². The fourth-order valence-corrected chi connectivity index (χ4v) is 4.00. The van der Waals surface area contributed by atoms with Crippen molar-refractivity contribution in [2.45, 2.75) is 59.5 Å². The van der Waals surface area contributed by atoms with E-state index < -0.39 is 11.6 Å². The normalized spacial score (nSPS) is 15.1. The van der Waals surface area contributed by atoms with Crippen LogP contribution in [0.4, 0.5) is 5.69 Å². The highest BCUT2D eigenvalue weighted by Gasteiger charge is 2.31. The first-order chi connectivity index (χ1) is 16.3. The van der Waals surface area contributed by atoms with Crippen LogP contribution < -0.4 is 20.2 Å². The summed E-state index contributed by atoms with van der Waals surface area (Å²) in [6, 6.07) is 11.7. The number of thiocarbonyl (C=S) groups is 1. The lowest BCUT2D eigenvalue weighted by Crippen LogP contribution is -2.37. The van der Waals surface area contributed by atoms with Crippen molar-refractivity contribution in [3.8, 4) is 11.5 Å². The molecule has 182 valence electrons. The number of rotatable bonds is 8. The fraction of sp³-hybridized carbons (Fsp3) is 0.423. The van der Waals surface area contributed by atoms with Gasteiger partial charge in [0.2, 0.25) is 0 Å². The molecule has 0 spiro atoms. The maximum absolute atomic E-state index is 11.6. The van der Waals surface area contributed by atoms with E-state index in [1.54, 1.807) is 13.0 Å². The highest BCUT2D eigenvalue weighted by atomic mass is 32.1. The zero-order chi connectivity index (χ0) is 24.7. The number of anilines is 1. The standard InChI is InChI=1S/C26H33N3O4S/c1-6-17-10-9-11-18(7-2)24(17)27-25(34)29-28-21-15-26(4,5)33-22-13-12-19(14-20(21)22)32-16-23(30)31-8-3/h9-14H,6-8,15-16H2,1-5H3,(H2,27,29,34). The Morgan fingerprint density at radius 2 is 1.85 bits per heavy atom. The van der Waals surface area contributed by atoms with E-state index in [0.29, 0.717) is 29.6 Å². The average Bonchev–Trinajstić information content (AvgIpc) is 2.81. The maximum Gasteiger partial charge on any atom is 0.344 e. The van der Waals surface area contributed by atoms with Gasteiger partial charge in [0.25, 0.3) is 0 Å². The van der Waals surface area contributed by atoms with Gasteiger partial charge in [0, 0.05) is 17.7 Å². The van der Waals surface area contributed by atoms with Crippen molar-refractivity contribution >= 4 is 34.7 Å². The Morgan fingerprint density at radius 1 is 1.15 bits per heavy atom. The molecule has 0 atom stereocenters. The molecule has 1 heterocycles. The first kappa shape index (κ1) is 25.5. The highest BCUT2D eigenvalue weighted by Crippen LogP contribution is 2.35. The first-order valence-electron chi connectivity index (χ1n) is 11.6. The molecule has 2 aromatic carbocycles. The van der Waals surface area contributed by atoms with Gasteiger partial charge in [-0.15, -0.1) is 0 Å². The highest BCUT2D eigenvalue weighted by molar-refractivity contribution is 7.80. The predicted molar refractivity (Wildman–Crippen MR) is 139 cm³/mol. The Hall–Kier alpha value is -3.13. The first-order valence-corrected chi connectivity index (χ1v) is 12.0. The third kappa shape index (κ3) is 6.47. The predicted octanol–water partition coefficient (Wildman–Crippen LogP) is 5.01. The number of hydrogen-bond donors (Lipinski definition) is 2. The SMILES string of the molecule is CCOC(=O)COc1ccc2c(c1)C(=NNC(=S)Nc1c(CC)cccc1CC)CC(C)(C)O2. The van der Waals surface area contributed by atoms with E-state index in [1.165, 1.54) is 11.1 Å². The molecule has 8 heteroatoms. The zero-order valence-electron chi connectivity index (χ0n) is 20.5. The average molecular weight is 484 g/mol. The number of nitrogens with zero attached hydrogens (tertiary/aromatic N) is 1. The summed E-state index contributed by atoms with van der Waals surface area (Å²) < 4.78 is 16.7. The van der Waals surface area contributed by atoms with E-state index in [1.807, 2.05) is 26.0 Å². The molecule has 0 aliphatic carbocycles. The number of hydrazone groups is 1. The monoisotopic (exact) mass is 483 g/mol. The maximum atomic E-state index is 11.6. The van der Waals surface area contributed by atoms with E-state index in [2.05, 4.69) is 47.9 Å². The Bertz CT molecular complexity index is 1060. The second kappa shape index (κ2) is 11.3. The van der Waals surface area contributed by atoms with Crippen molar-refractivity contribution < 1.29 is 19.0 Å². The van der Waals surface area contributed by atoms with Gasteiger partial charge in [0.15, 0.2) is 11.7 Å². The number of para-hydroxylation sites is 1. The molecule has 0 unspecified atom stereocenters. The third-order valence-corrected chi connectivity index (χ3v) is 5.63. The van der Waals surface area contributed by atoms with Gasteiger partial charge in [-0.2, -0.15) is 5.10 Å². The summed E-state index contributed by atoms with van der Waals surface area (Å²) in [5.41, 5.74) is 7.60. The number of benzene rings is 2. The van der Waals surface area contributed by atoms with Crippen LogP contribution >= 0.6 is 12.2 Å². The molecule has 0 aromatic heterocycles. The van der Waals surface area contributed by atoms with Crippen LogP contribution in [0.5, 0.6) is 11.5 Å². The minimum absolute atomic E-state index is 0.158. The van der Waals surface area contributed by atoms with Crippen molar-refractivity contribution in [2.75, 3.05) is 18.5 Å². The number of aryl methyl sites for hydroxylation is 2. The molecule has 1 aliphatic heterocycles. The Kier molecular flexibility index (Phi) is 8.50. The summed E-state index contributed by atoms with van der Waals surface area (Å²) >= 11 is 5.56. The quantitative estimate of drug-likeness (QED) is 0.310. The smallest absolute Gasteiger partial charge is 0.344 e. The lowest BCUT2D eigenvalue weighted by Gasteiger charge is -2.33. The molecule has 2 N–H and O–H groups in total. The molecule has 7 nitrogen and oxygen atoms in total. The van der Waals surface area contributed by atoms with Crippen LogP contribution in [0, 0.1) is 0 Å². The Balaban J connectivity index is 1.80. The number of esters is 1. The molecule has 3 rings (SSSR count). The minimum atomic E-state index is -0.430. The largest absolute Gasteiger partial charge is 0.487 e. The van der Waals surface area contributed by atoms with Crippen molar-refractivity contribution in [1.82, 2.24) is 5.43 Å².